The molecule has 3 heterocycles. The van der Waals surface area contributed by atoms with Gasteiger partial charge in [0.2, 0.25) is 0 Å². The summed E-state index contributed by atoms with van der Waals surface area (Å²) in [6.07, 6.45) is -10.3. The van der Waals surface area contributed by atoms with E-state index in [-0.39, 0.29) is 25.7 Å². The summed E-state index contributed by atoms with van der Waals surface area (Å²) in [6.45, 7) is 15.4. The molecular formula is C59H83NO17S. The number of hydrogen-bond acceptors (Lipinski definition) is 18. The minimum Gasteiger partial charge on any atom is -0.459 e. The second-order valence-electron chi connectivity index (χ2n) is 22.3. The van der Waals surface area contributed by atoms with E-state index in [0.717, 1.165) is 6.26 Å². The van der Waals surface area contributed by atoms with Crippen LogP contribution in [0.1, 0.15) is 114 Å². The maximum atomic E-state index is 15.3. The lowest BCUT2D eigenvalue weighted by Gasteiger charge is -2.50. The van der Waals surface area contributed by atoms with Crippen molar-refractivity contribution in [1.82, 2.24) is 4.90 Å². The van der Waals surface area contributed by atoms with Crippen molar-refractivity contribution >= 4 is 33.8 Å². The van der Waals surface area contributed by atoms with Gasteiger partial charge in [-0.05, 0) is 97.8 Å². The van der Waals surface area contributed by atoms with Crippen LogP contribution in [0.15, 0.2) is 91.0 Å². The molecule has 0 aromatic heterocycles. The van der Waals surface area contributed by atoms with Gasteiger partial charge in [-0.3, -0.25) is 13.8 Å². The number of hydrogen-bond donors (Lipinski definition) is 1. The van der Waals surface area contributed by atoms with E-state index < -0.39 is 142 Å². The Kier molecular flexibility index (Phi) is 21.1. The topological polar surface area (TPSA) is 218 Å². The van der Waals surface area contributed by atoms with Crippen molar-refractivity contribution in [2.24, 2.45) is 23.7 Å². The molecule has 6 rings (SSSR count). The predicted octanol–water partition coefficient (Wildman–Crippen LogP) is 7.38. The first-order valence-electron chi connectivity index (χ1n) is 27.0. The summed E-state index contributed by atoms with van der Waals surface area (Å²) in [5.41, 5.74) is -3.81. The first kappa shape index (κ1) is 62.5. The largest absolute Gasteiger partial charge is 0.459 e. The number of rotatable bonds is 16. The van der Waals surface area contributed by atoms with E-state index in [9.17, 15) is 23.1 Å². The van der Waals surface area contributed by atoms with Crippen molar-refractivity contribution in [2.75, 3.05) is 34.6 Å². The van der Waals surface area contributed by atoms with Gasteiger partial charge >= 0.3 is 17.9 Å². The van der Waals surface area contributed by atoms with Gasteiger partial charge in [-0.1, -0.05) is 94.4 Å². The smallest absolute Gasteiger partial charge is 0.338 e. The molecule has 3 aliphatic rings. The third-order valence-corrected chi connectivity index (χ3v) is 16.6. The Morgan fingerprint density at radius 1 is 0.718 bits per heavy atom. The molecule has 18 nitrogen and oxygen atoms in total. The number of ketones is 1. The standard InChI is InChI=1S/C59H83NO17S/c1-15-45-59(65,33-41-25-19-16-20-26-41)51(77-78(14,66)67)37(4)47(61)35(2)32-57(8,68-12)50(76-56-49(44(60(10)11)31-36(3)70-56)74-54(63)42-27-21-17-22-28-42)38(5)48(39(6)53(62)72-45)73-46-34-58(9,69-13)52(40(7)71-46)75-55(64)43-29-23-18-24-30-43/h16-30,35-40,44-46,48-52,56,65H,15,31-34H2,1-14H3/t35-,36-,37+,38+,39-,40+,44+,45-,46?,48+,49-,50-,51-,52+,56?,57-,58-,59-/m1/s1. The molecule has 3 aliphatic heterocycles. The molecule has 19 heteroatoms. The molecule has 0 saturated carbocycles. The summed E-state index contributed by atoms with van der Waals surface area (Å²) in [6, 6.07) is 25.4. The Balaban J connectivity index is 1.51. The fraction of sp³-hybridized carbons (Fsp3) is 0.627. The first-order chi connectivity index (χ1) is 36.7. The van der Waals surface area contributed by atoms with Crippen LogP contribution >= 0.6 is 0 Å². The fourth-order valence-corrected chi connectivity index (χ4v) is 12.5. The maximum absolute atomic E-state index is 15.3. The highest BCUT2D eigenvalue weighted by atomic mass is 32.2. The number of nitrogens with zero attached hydrogens (tertiary/aromatic N) is 1. The molecule has 0 radical (unpaired) electrons. The molecule has 2 unspecified atom stereocenters. The highest BCUT2D eigenvalue weighted by Gasteiger charge is 2.57. The number of benzene rings is 3. The lowest BCUT2D eigenvalue weighted by atomic mass is 9.72. The van der Waals surface area contributed by atoms with Crippen molar-refractivity contribution in [3.8, 4) is 0 Å². The molecule has 0 amide bonds. The van der Waals surface area contributed by atoms with Crippen LogP contribution in [0.3, 0.4) is 0 Å². The van der Waals surface area contributed by atoms with Crippen LogP contribution in [-0.4, -0.2) is 161 Å². The Morgan fingerprint density at radius 3 is 1.78 bits per heavy atom. The van der Waals surface area contributed by atoms with Crippen molar-refractivity contribution in [1.29, 1.82) is 0 Å². The minimum atomic E-state index is -4.39. The van der Waals surface area contributed by atoms with E-state index in [1.165, 1.54) is 21.1 Å². The van der Waals surface area contributed by atoms with E-state index in [4.69, 9.17) is 46.8 Å². The molecule has 3 saturated heterocycles. The van der Waals surface area contributed by atoms with Crippen LogP contribution in [0.5, 0.6) is 0 Å². The molecule has 18 atom stereocenters. The molecule has 3 aromatic rings. The van der Waals surface area contributed by atoms with Gasteiger partial charge in [0.15, 0.2) is 24.8 Å². The van der Waals surface area contributed by atoms with Gasteiger partial charge in [0.25, 0.3) is 10.1 Å². The van der Waals surface area contributed by atoms with E-state index in [1.807, 2.05) is 32.8 Å². The molecular weight excluding hydrogens is 1030 g/mol. The average Bonchev–Trinajstić information content (AvgIpc) is 3.43. The number of aliphatic hydroxyl groups is 1. The number of esters is 3. The summed E-state index contributed by atoms with van der Waals surface area (Å²) >= 11 is 0. The molecule has 0 aliphatic carbocycles. The average molecular weight is 1110 g/mol. The third kappa shape index (κ3) is 14.6. The van der Waals surface area contributed by atoms with Crippen molar-refractivity contribution in [3.05, 3.63) is 108 Å². The van der Waals surface area contributed by atoms with Crippen LogP contribution < -0.4 is 0 Å². The Bertz CT molecular complexity index is 2570. The van der Waals surface area contributed by atoms with Crippen LogP contribution in [0.4, 0.5) is 0 Å². The molecule has 1 N–H and O–H groups in total. The van der Waals surface area contributed by atoms with Crippen LogP contribution in [0, 0.1) is 23.7 Å². The number of Topliss-reactive ketones (excluding diaryl/α,β-unsaturated/α-hetero) is 1. The summed E-state index contributed by atoms with van der Waals surface area (Å²) < 4.78 is 91.6. The van der Waals surface area contributed by atoms with Gasteiger partial charge in [-0.2, -0.15) is 8.42 Å². The number of likely N-dealkylation sites (N-methyl/N-ethyl adjacent to an activating group) is 1. The normalized spacial score (nSPS) is 36.5. The third-order valence-electron chi connectivity index (χ3n) is 16.1. The van der Waals surface area contributed by atoms with E-state index >= 15 is 9.59 Å². The number of ether oxygens (including phenoxy) is 9. The van der Waals surface area contributed by atoms with Crippen molar-refractivity contribution < 1.29 is 79.5 Å². The van der Waals surface area contributed by atoms with Gasteiger partial charge in [0.05, 0.1) is 59.4 Å². The van der Waals surface area contributed by atoms with E-state index in [1.54, 1.807) is 133 Å². The highest BCUT2D eigenvalue weighted by Crippen LogP contribution is 2.44. The summed E-state index contributed by atoms with van der Waals surface area (Å²) in [7, 11) is 2.31. The Labute approximate surface area is 461 Å². The Morgan fingerprint density at radius 2 is 1.26 bits per heavy atom. The number of methoxy groups -OCH3 is 2. The summed E-state index contributed by atoms with van der Waals surface area (Å²) in [5, 5.41) is 13.2. The summed E-state index contributed by atoms with van der Waals surface area (Å²) in [5.74, 6) is -6.94. The zero-order valence-corrected chi connectivity index (χ0v) is 48.5. The number of carbonyl (C=O) groups is 4. The first-order valence-corrected chi connectivity index (χ1v) is 28.8. The van der Waals surface area contributed by atoms with Crippen LogP contribution in [-0.2, 0) is 72.9 Å². The van der Waals surface area contributed by atoms with Crippen LogP contribution in [0.2, 0.25) is 0 Å². The fourth-order valence-electron chi connectivity index (χ4n) is 11.8. The lowest BCUT2D eigenvalue weighted by Crippen LogP contribution is -2.63. The van der Waals surface area contributed by atoms with Gasteiger partial charge in [0, 0.05) is 44.8 Å². The van der Waals surface area contributed by atoms with Crippen LogP contribution in [0.25, 0.3) is 0 Å². The zero-order chi connectivity index (χ0) is 57.5. The minimum absolute atomic E-state index is 0.00768. The number of carbonyl (C=O) groups excluding carboxylic acids is 4. The molecule has 78 heavy (non-hydrogen) atoms. The van der Waals surface area contributed by atoms with E-state index in [2.05, 4.69) is 0 Å². The van der Waals surface area contributed by atoms with Gasteiger partial charge in [-0.15, -0.1) is 0 Å². The molecule has 0 bridgehead atoms. The molecule has 432 valence electrons. The molecule has 3 fully saturated rings. The van der Waals surface area contributed by atoms with E-state index in [0.29, 0.717) is 23.1 Å². The van der Waals surface area contributed by atoms with Crippen molar-refractivity contribution in [3.63, 3.8) is 0 Å². The summed E-state index contributed by atoms with van der Waals surface area (Å²) in [4.78, 5) is 59.9. The predicted molar refractivity (Wildman–Crippen MR) is 289 cm³/mol. The molecule has 0 spiro atoms. The van der Waals surface area contributed by atoms with Gasteiger partial charge in [0.1, 0.15) is 29.2 Å². The number of cyclic esters (lactones) is 1. The monoisotopic (exact) mass is 1110 g/mol. The highest BCUT2D eigenvalue weighted by molar-refractivity contribution is 7.86. The maximum Gasteiger partial charge on any atom is 0.338 e. The van der Waals surface area contributed by atoms with Gasteiger partial charge < -0.3 is 52.6 Å². The zero-order valence-electron chi connectivity index (χ0n) is 47.7. The second-order valence-corrected chi connectivity index (χ2v) is 23.9. The SMILES string of the molecule is CC[C@H]1OC(=O)[C@H](C)[C@@H](OC2C[C@@](C)(OC)[C@@H](OC(=O)c3ccccc3)[C@H](C)O2)[C@H](C)[C@@H](OC2O[C@H](C)C[C@H](N(C)C)[C@H]2OC(=O)c2ccccc2)[C@](C)(OC)C[C@@H](C)C(=O)[C@H](C)[C@@H](OS(C)(=O)=O)[C@@]1(O)Cc1ccccc1. The second kappa shape index (κ2) is 26.3. The lowest BCUT2D eigenvalue weighted by molar-refractivity contribution is -0.318. The quantitative estimate of drug-likeness (QED) is 0.0841. The Hall–Kier alpha value is -4.67. The molecule has 3 aromatic carbocycles. The van der Waals surface area contributed by atoms with Crippen molar-refractivity contribution in [2.45, 2.75) is 179 Å². The van der Waals surface area contributed by atoms with Gasteiger partial charge in [-0.25, -0.2) is 9.59 Å².